The van der Waals surface area contributed by atoms with Gasteiger partial charge in [-0.05, 0) is 56.3 Å². The van der Waals surface area contributed by atoms with Gasteiger partial charge in [0.2, 0.25) is 0 Å². The molecule has 0 spiro atoms. The molecule has 0 atom stereocenters. The van der Waals surface area contributed by atoms with Gasteiger partial charge in [0.25, 0.3) is 5.91 Å². The number of alkyl halides is 3. The van der Waals surface area contributed by atoms with Crippen molar-refractivity contribution in [1.29, 1.82) is 0 Å². The lowest BCUT2D eigenvalue weighted by atomic mass is 10.0. The lowest BCUT2D eigenvalue weighted by Crippen LogP contribution is -2.29. The molecule has 3 rings (SSSR count). The molecule has 0 aliphatic rings. The molecule has 0 heterocycles. The van der Waals surface area contributed by atoms with Gasteiger partial charge in [0.05, 0.1) is 5.56 Å². The van der Waals surface area contributed by atoms with E-state index in [0.717, 1.165) is 12.1 Å². The first-order valence-electron chi connectivity index (χ1n) is 12.4. The van der Waals surface area contributed by atoms with Gasteiger partial charge in [-0.3, -0.25) is 4.79 Å². The van der Waals surface area contributed by atoms with Crippen LogP contribution in [0.4, 0.5) is 13.2 Å². The molecule has 9 nitrogen and oxygen atoms in total. The number of carbonyl (C=O) groups excluding carboxylic acids is 1. The predicted molar refractivity (Wildman–Crippen MR) is 148 cm³/mol. The monoisotopic (exact) mass is 570 g/mol. The van der Waals surface area contributed by atoms with E-state index < -0.39 is 17.6 Å². The number of benzene rings is 3. The number of rotatable bonds is 12. The van der Waals surface area contributed by atoms with E-state index in [2.05, 4.69) is 20.8 Å². The van der Waals surface area contributed by atoms with Gasteiger partial charge < -0.3 is 24.6 Å². The largest absolute Gasteiger partial charge is 0.457 e. The average Bonchev–Trinajstić information content (AvgIpc) is 2.96. The van der Waals surface area contributed by atoms with Gasteiger partial charge in [-0.25, -0.2) is 0 Å². The molecule has 3 aromatic carbocycles. The number of likely N-dealkylation sites (N-methyl/N-ethyl adjacent to an activating group) is 1. The third kappa shape index (κ3) is 8.56. The topological polar surface area (TPSA) is 103 Å². The van der Waals surface area contributed by atoms with Crippen LogP contribution < -0.4 is 10.1 Å². The van der Waals surface area contributed by atoms with Crippen molar-refractivity contribution in [2.75, 3.05) is 20.8 Å². The van der Waals surface area contributed by atoms with Crippen LogP contribution in [0.3, 0.4) is 0 Å². The van der Waals surface area contributed by atoms with Crippen LogP contribution in [-0.4, -0.2) is 43.8 Å². The molecule has 216 valence electrons. The Labute approximate surface area is 235 Å². The van der Waals surface area contributed by atoms with Crippen LogP contribution in [0.5, 0.6) is 11.5 Å². The molecule has 0 fully saturated rings. The Hall–Kier alpha value is -4.87. The molecule has 0 saturated heterocycles. The third-order valence-electron chi connectivity index (χ3n) is 5.47. The second-order valence-corrected chi connectivity index (χ2v) is 8.32. The Morgan fingerprint density at radius 2 is 1.61 bits per heavy atom. The van der Waals surface area contributed by atoms with E-state index in [-0.39, 0.29) is 18.1 Å². The number of hydrogen-bond donors (Lipinski definition) is 1. The van der Waals surface area contributed by atoms with E-state index in [1.54, 1.807) is 62.4 Å². The van der Waals surface area contributed by atoms with Crippen molar-refractivity contribution in [3.8, 4) is 11.5 Å². The number of ether oxygens (including phenoxy) is 1. The van der Waals surface area contributed by atoms with Crippen molar-refractivity contribution in [2.24, 2.45) is 15.5 Å². The Kier molecular flexibility index (Phi) is 10.8. The number of nitrogens with one attached hydrogen (secondary N) is 1. The molecule has 3 aromatic rings. The Bertz CT molecular complexity index is 1420. The molecule has 0 unspecified atom stereocenters. The van der Waals surface area contributed by atoms with E-state index in [1.165, 1.54) is 26.3 Å². The predicted octanol–water partition coefficient (Wildman–Crippen LogP) is 5.93. The molecule has 0 bridgehead atoms. The zero-order valence-electron chi connectivity index (χ0n) is 22.9. The molecule has 0 aromatic heterocycles. The summed E-state index contributed by atoms with van der Waals surface area (Å²) in [6.07, 6.45) is -4.47. The highest BCUT2D eigenvalue weighted by Crippen LogP contribution is 2.32. The van der Waals surface area contributed by atoms with E-state index >= 15 is 0 Å². The average molecular weight is 571 g/mol. The molecule has 1 amide bonds. The van der Waals surface area contributed by atoms with Crippen LogP contribution in [0, 0.1) is 0 Å². The summed E-state index contributed by atoms with van der Waals surface area (Å²) in [6.45, 7) is 3.74. The van der Waals surface area contributed by atoms with Crippen molar-refractivity contribution >= 4 is 23.0 Å². The van der Waals surface area contributed by atoms with Crippen LogP contribution in [-0.2, 0) is 32.1 Å². The molecule has 12 heteroatoms. The second-order valence-electron chi connectivity index (χ2n) is 8.32. The van der Waals surface area contributed by atoms with Crippen LogP contribution in [0.1, 0.15) is 36.1 Å². The maximum Gasteiger partial charge on any atom is 0.416 e. The molecule has 41 heavy (non-hydrogen) atoms. The zero-order chi connectivity index (χ0) is 29.8. The first kappa shape index (κ1) is 30.7. The highest BCUT2D eigenvalue weighted by Gasteiger charge is 2.30. The fourth-order valence-corrected chi connectivity index (χ4v) is 3.55. The van der Waals surface area contributed by atoms with Crippen molar-refractivity contribution in [2.45, 2.75) is 26.6 Å². The van der Waals surface area contributed by atoms with Gasteiger partial charge in [0.1, 0.15) is 43.2 Å². The summed E-state index contributed by atoms with van der Waals surface area (Å²) >= 11 is 0. The molecule has 0 radical (unpaired) electrons. The SMILES string of the molecule is CCON=C(C(=O)NC)c1ccccc1CON=C(C)C(=NOC)c1ccc(Oc2cccc(C(F)(F)F)c2)cc1. The van der Waals surface area contributed by atoms with E-state index in [0.29, 0.717) is 40.5 Å². The number of carbonyl (C=O) groups is 1. The lowest BCUT2D eigenvalue weighted by Gasteiger charge is -2.12. The minimum Gasteiger partial charge on any atom is -0.457 e. The van der Waals surface area contributed by atoms with Crippen LogP contribution in [0.2, 0.25) is 0 Å². The number of oxime groups is 3. The Balaban J connectivity index is 1.75. The van der Waals surface area contributed by atoms with Crippen molar-refractivity contribution < 1.29 is 37.2 Å². The van der Waals surface area contributed by atoms with E-state index in [9.17, 15) is 18.0 Å². The number of nitrogens with zero attached hydrogens (tertiary/aromatic N) is 3. The quantitative estimate of drug-likeness (QED) is 0.215. The summed E-state index contributed by atoms with van der Waals surface area (Å²) in [7, 11) is 2.88. The van der Waals surface area contributed by atoms with Crippen LogP contribution in [0.15, 0.2) is 88.3 Å². The summed E-state index contributed by atoms with van der Waals surface area (Å²) in [5.41, 5.74) is 1.80. The second kappa shape index (κ2) is 14.5. The normalized spacial score (nSPS) is 12.5. The zero-order valence-corrected chi connectivity index (χ0v) is 22.9. The molecule has 1 N–H and O–H groups in total. The van der Waals surface area contributed by atoms with E-state index in [4.69, 9.17) is 19.2 Å². The maximum atomic E-state index is 13.0. The third-order valence-corrected chi connectivity index (χ3v) is 5.47. The van der Waals surface area contributed by atoms with Gasteiger partial charge in [0.15, 0.2) is 5.71 Å². The summed E-state index contributed by atoms with van der Waals surface area (Å²) < 4.78 is 44.6. The Morgan fingerprint density at radius 1 is 0.878 bits per heavy atom. The summed E-state index contributed by atoms with van der Waals surface area (Å²) in [5, 5.41) is 14.7. The molecule has 0 saturated carbocycles. The lowest BCUT2D eigenvalue weighted by molar-refractivity contribution is -0.137. The highest BCUT2D eigenvalue weighted by molar-refractivity contribution is 6.47. The number of hydrogen-bond acceptors (Lipinski definition) is 8. The summed E-state index contributed by atoms with van der Waals surface area (Å²) in [5.74, 6) is -0.0378. The number of halogens is 3. The minimum absolute atomic E-state index is 0.0136. The molecule has 0 aliphatic heterocycles. The molecular weight excluding hydrogens is 541 g/mol. The first-order chi connectivity index (χ1) is 19.7. The van der Waals surface area contributed by atoms with Crippen molar-refractivity contribution in [1.82, 2.24) is 5.32 Å². The molecule has 0 aliphatic carbocycles. The van der Waals surface area contributed by atoms with Gasteiger partial charge in [-0.1, -0.05) is 45.8 Å². The standard InChI is InChI=1S/C29H29F3N4O5/c1-5-39-36-27(28(37)33-3)25-12-7-6-9-21(25)18-40-34-19(2)26(35-38-4)20-13-15-23(16-14-20)41-24-11-8-10-22(17-24)29(30,31)32/h6-17H,5,18H2,1-4H3,(H,33,37). The van der Waals surface area contributed by atoms with Crippen molar-refractivity contribution in [3.63, 3.8) is 0 Å². The molecular formula is C29H29F3N4O5. The summed E-state index contributed by atoms with van der Waals surface area (Å²) in [6, 6.07) is 18.2. The Morgan fingerprint density at radius 3 is 2.27 bits per heavy atom. The highest BCUT2D eigenvalue weighted by atomic mass is 19.4. The fourth-order valence-electron chi connectivity index (χ4n) is 3.55. The smallest absolute Gasteiger partial charge is 0.416 e. The van der Waals surface area contributed by atoms with Gasteiger partial charge >= 0.3 is 6.18 Å². The summed E-state index contributed by atoms with van der Waals surface area (Å²) in [4.78, 5) is 28.1. The van der Waals surface area contributed by atoms with Gasteiger partial charge in [-0.15, -0.1) is 0 Å². The van der Waals surface area contributed by atoms with Crippen molar-refractivity contribution in [3.05, 3.63) is 95.1 Å². The minimum atomic E-state index is -4.47. The fraction of sp³-hybridized carbons (Fsp3) is 0.241. The number of amides is 1. The first-order valence-corrected chi connectivity index (χ1v) is 12.4. The maximum absolute atomic E-state index is 13.0. The van der Waals surface area contributed by atoms with Crippen LogP contribution >= 0.6 is 0 Å². The van der Waals surface area contributed by atoms with Gasteiger partial charge in [0, 0.05) is 23.7 Å². The van der Waals surface area contributed by atoms with Crippen LogP contribution in [0.25, 0.3) is 0 Å². The van der Waals surface area contributed by atoms with E-state index in [1.807, 2.05) is 0 Å². The van der Waals surface area contributed by atoms with Gasteiger partial charge in [-0.2, -0.15) is 13.2 Å².